The predicted molar refractivity (Wildman–Crippen MR) is 103 cm³/mol. The number of hydrogen-bond acceptors (Lipinski definition) is 4. The summed E-state index contributed by atoms with van der Waals surface area (Å²) in [5.74, 6) is 1.91. The monoisotopic (exact) mass is 389 g/mol. The van der Waals surface area contributed by atoms with Crippen molar-refractivity contribution in [1.29, 1.82) is 0 Å². The summed E-state index contributed by atoms with van der Waals surface area (Å²) in [5.41, 5.74) is 2.00. The molecule has 26 heavy (non-hydrogen) atoms. The van der Waals surface area contributed by atoms with E-state index >= 15 is 0 Å². The highest BCUT2D eigenvalue weighted by atomic mass is 35.5. The van der Waals surface area contributed by atoms with E-state index in [1.807, 2.05) is 24.3 Å². The molecule has 1 unspecified atom stereocenters. The Labute approximate surface area is 159 Å². The first-order valence-electron chi connectivity index (χ1n) is 8.41. The van der Waals surface area contributed by atoms with E-state index < -0.39 is 9.84 Å². The van der Waals surface area contributed by atoms with Crippen LogP contribution >= 0.6 is 11.6 Å². The second-order valence-corrected chi connectivity index (χ2v) is 8.55. The third kappa shape index (κ3) is 4.17. The predicted octanol–water partition coefficient (Wildman–Crippen LogP) is 4.49. The van der Waals surface area contributed by atoms with E-state index in [-0.39, 0.29) is 11.7 Å². The maximum absolute atomic E-state index is 11.9. The van der Waals surface area contributed by atoms with Crippen molar-refractivity contribution in [3.05, 3.63) is 77.8 Å². The Kier molecular flexibility index (Phi) is 5.79. The fourth-order valence-electron chi connectivity index (χ4n) is 2.79. The molecule has 0 amide bonds. The minimum atomic E-state index is -3.21. The van der Waals surface area contributed by atoms with Crippen molar-refractivity contribution in [3.8, 4) is 5.75 Å². The Morgan fingerprint density at radius 1 is 1.19 bits per heavy atom. The average molecular weight is 390 g/mol. The number of ether oxygens (including phenoxy) is 1. The van der Waals surface area contributed by atoms with E-state index in [9.17, 15) is 8.42 Å². The molecule has 1 atom stereocenters. The standard InChI is InChI=1S/C20H20ClNO3S/c1-2-26(23,24)18-9-7-17(8-10-18)25-20-11-6-15(13-16(20)14-21)19-5-3-4-12-22-19/h3-12,15H,2,13-14H2,1H3. The molecule has 0 saturated carbocycles. The largest absolute Gasteiger partial charge is 0.457 e. The smallest absolute Gasteiger partial charge is 0.178 e. The van der Waals surface area contributed by atoms with Crippen LogP contribution in [0.1, 0.15) is 25.0 Å². The molecule has 0 saturated heterocycles. The van der Waals surface area contributed by atoms with Crippen molar-refractivity contribution in [2.24, 2.45) is 0 Å². The molecule has 1 aromatic carbocycles. The van der Waals surface area contributed by atoms with Crippen LogP contribution in [0.2, 0.25) is 0 Å². The highest BCUT2D eigenvalue weighted by molar-refractivity contribution is 7.91. The first kappa shape index (κ1) is 18.7. The summed E-state index contributed by atoms with van der Waals surface area (Å²) in [5, 5.41) is 0. The molecule has 0 bridgehead atoms. The Balaban J connectivity index is 1.77. The highest BCUT2D eigenvalue weighted by Gasteiger charge is 2.20. The van der Waals surface area contributed by atoms with Gasteiger partial charge < -0.3 is 4.74 Å². The number of benzene rings is 1. The molecule has 4 nitrogen and oxygen atoms in total. The first-order valence-corrected chi connectivity index (χ1v) is 10.6. The molecule has 2 aromatic rings. The van der Waals surface area contributed by atoms with Crippen molar-refractivity contribution in [3.63, 3.8) is 0 Å². The number of halogens is 1. The number of rotatable bonds is 6. The summed E-state index contributed by atoms with van der Waals surface area (Å²) in [6.45, 7) is 1.63. The van der Waals surface area contributed by atoms with Crippen LogP contribution in [0.3, 0.4) is 0 Å². The van der Waals surface area contributed by atoms with Crippen LogP contribution < -0.4 is 4.74 Å². The number of sulfone groups is 1. The lowest BCUT2D eigenvalue weighted by Gasteiger charge is -2.21. The minimum absolute atomic E-state index is 0.0758. The van der Waals surface area contributed by atoms with Crippen molar-refractivity contribution in [2.75, 3.05) is 11.6 Å². The zero-order chi connectivity index (χ0) is 18.6. The summed E-state index contributed by atoms with van der Waals surface area (Å²) in [6.07, 6.45) is 6.50. The van der Waals surface area contributed by atoms with Crippen molar-refractivity contribution in [1.82, 2.24) is 4.98 Å². The van der Waals surface area contributed by atoms with Crippen molar-refractivity contribution < 1.29 is 13.2 Å². The van der Waals surface area contributed by atoms with E-state index in [1.54, 1.807) is 37.4 Å². The third-order valence-electron chi connectivity index (χ3n) is 4.31. The van der Waals surface area contributed by atoms with Crippen LogP contribution in [0.5, 0.6) is 5.75 Å². The zero-order valence-electron chi connectivity index (χ0n) is 14.4. The molecule has 1 aliphatic rings. The fourth-order valence-corrected chi connectivity index (χ4v) is 3.91. The molecule has 1 aromatic heterocycles. The topological polar surface area (TPSA) is 56.3 Å². The van der Waals surface area contributed by atoms with Gasteiger partial charge in [-0.1, -0.05) is 19.1 Å². The van der Waals surface area contributed by atoms with Gasteiger partial charge in [0.05, 0.1) is 10.6 Å². The Hall–Kier alpha value is -2.11. The van der Waals surface area contributed by atoms with Gasteiger partial charge in [-0.3, -0.25) is 4.98 Å². The van der Waals surface area contributed by atoms with Gasteiger partial charge in [0.25, 0.3) is 0 Å². The highest BCUT2D eigenvalue weighted by Crippen LogP contribution is 2.32. The fraction of sp³-hybridized carbons (Fsp3) is 0.250. The lowest BCUT2D eigenvalue weighted by molar-refractivity contribution is 0.429. The molecular formula is C20H20ClNO3S. The van der Waals surface area contributed by atoms with Gasteiger partial charge in [0.1, 0.15) is 11.5 Å². The maximum atomic E-state index is 11.9. The van der Waals surface area contributed by atoms with Gasteiger partial charge in [0.2, 0.25) is 0 Å². The Morgan fingerprint density at radius 2 is 1.96 bits per heavy atom. The summed E-state index contributed by atoms with van der Waals surface area (Å²) in [4.78, 5) is 4.71. The number of hydrogen-bond donors (Lipinski definition) is 0. The first-order chi connectivity index (χ1) is 12.5. The van der Waals surface area contributed by atoms with Crippen LogP contribution in [0.4, 0.5) is 0 Å². The molecule has 136 valence electrons. The normalized spacial score (nSPS) is 17.4. The molecule has 0 spiro atoms. The summed E-state index contributed by atoms with van der Waals surface area (Å²) in [6, 6.07) is 12.3. The summed E-state index contributed by atoms with van der Waals surface area (Å²) in [7, 11) is -3.21. The molecule has 1 heterocycles. The van der Waals surface area contributed by atoms with Gasteiger partial charge in [0.15, 0.2) is 9.84 Å². The SMILES string of the molecule is CCS(=O)(=O)c1ccc(OC2=C(CCl)CC(c3ccccn3)C=C2)cc1. The van der Waals surface area contributed by atoms with Crippen LogP contribution in [0.25, 0.3) is 0 Å². The van der Waals surface area contributed by atoms with Crippen LogP contribution in [0.15, 0.2) is 77.0 Å². The second-order valence-electron chi connectivity index (χ2n) is 6.00. The van der Waals surface area contributed by atoms with Gasteiger partial charge >= 0.3 is 0 Å². The van der Waals surface area contributed by atoms with E-state index in [0.29, 0.717) is 22.3 Å². The van der Waals surface area contributed by atoms with Crippen LogP contribution in [-0.2, 0) is 9.84 Å². The maximum Gasteiger partial charge on any atom is 0.178 e. The number of nitrogens with zero attached hydrogens (tertiary/aromatic N) is 1. The molecule has 6 heteroatoms. The third-order valence-corrected chi connectivity index (χ3v) is 6.39. The van der Waals surface area contributed by atoms with Crippen LogP contribution in [-0.4, -0.2) is 25.0 Å². The number of aromatic nitrogens is 1. The lowest BCUT2D eigenvalue weighted by Crippen LogP contribution is -2.10. The summed E-state index contributed by atoms with van der Waals surface area (Å²) < 4.78 is 29.7. The van der Waals surface area contributed by atoms with E-state index in [0.717, 1.165) is 17.7 Å². The lowest BCUT2D eigenvalue weighted by atomic mass is 9.91. The number of alkyl halides is 1. The minimum Gasteiger partial charge on any atom is -0.457 e. The van der Waals surface area contributed by atoms with Crippen LogP contribution in [0, 0.1) is 0 Å². The van der Waals surface area contributed by atoms with E-state index in [4.69, 9.17) is 16.3 Å². The zero-order valence-corrected chi connectivity index (χ0v) is 16.0. The second kappa shape index (κ2) is 8.06. The number of allylic oxidation sites excluding steroid dienone is 3. The molecule has 3 rings (SSSR count). The van der Waals surface area contributed by atoms with Gasteiger partial charge in [-0.15, -0.1) is 11.6 Å². The van der Waals surface area contributed by atoms with Crippen molar-refractivity contribution in [2.45, 2.75) is 24.2 Å². The van der Waals surface area contributed by atoms with Gasteiger partial charge in [-0.25, -0.2) is 8.42 Å². The number of pyridine rings is 1. The van der Waals surface area contributed by atoms with Gasteiger partial charge in [0, 0.05) is 23.7 Å². The van der Waals surface area contributed by atoms with Crippen molar-refractivity contribution >= 4 is 21.4 Å². The molecule has 0 N–H and O–H groups in total. The average Bonchev–Trinajstić information content (AvgIpc) is 2.69. The molecule has 1 aliphatic carbocycles. The Morgan fingerprint density at radius 3 is 2.58 bits per heavy atom. The summed E-state index contributed by atoms with van der Waals surface area (Å²) >= 11 is 6.13. The molecular weight excluding hydrogens is 370 g/mol. The molecule has 0 fully saturated rings. The quantitative estimate of drug-likeness (QED) is 0.683. The van der Waals surface area contributed by atoms with E-state index in [1.165, 1.54) is 0 Å². The van der Waals surface area contributed by atoms with E-state index in [2.05, 4.69) is 11.1 Å². The Bertz CT molecular complexity index is 919. The molecule has 0 aliphatic heterocycles. The van der Waals surface area contributed by atoms with Gasteiger partial charge in [-0.05, 0) is 54.5 Å². The molecule has 0 radical (unpaired) electrons. The van der Waals surface area contributed by atoms with Gasteiger partial charge in [-0.2, -0.15) is 0 Å².